The lowest BCUT2D eigenvalue weighted by Crippen LogP contribution is -2.38. The molecule has 2 aliphatic rings. The summed E-state index contributed by atoms with van der Waals surface area (Å²) in [5, 5.41) is 8.90. The summed E-state index contributed by atoms with van der Waals surface area (Å²) >= 11 is 0. The summed E-state index contributed by atoms with van der Waals surface area (Å²) in [5.41, 5.74) is 0.631. The van der Waals surface area contributed by atoms with Gasteiger partial charge in [-0.2, -0.15) is 0 Å². The number of carbonyl (C=O) groups excluding carboxylic acids is 1. The van der Waals surface area contributed by atoms with Gasteiger partial charge in [0.2, 0.25) is 5.91 Å². The summed E-state index contributed by atoms with van der Waals surface area (Å²) in [7, 11) is 0. The lowest BCUT2D eigenvalue weighted by Gasteiger charge is -2.23. The smallest absolute Gasteiger partial charge is 0.305 e. The Balaban J connectivity index is 1.67. The molecule has 1 aliphatic carbocycles. The number of halogens is 2. The van der Waals surface area contributed by atoms with Crippen LogP contribution in [-0.2, 0) is 9.59 Å². The Labute approximate surface area is 126 Å². The maximum absolute atomic E-state index is 13.3. The highest BCUT2D eigenvalue weighted by Crippen LogP contribution is 2.49. The Hall–Kier alpha value is -1.98. The molecule has 0 bridgehead atoms. The predicted octanol–water partition coefficient (Wildman–Crippen LogP) is 2.53. The second-order valence-electron chi connectivity index (χ2n) is 6.05. The average molecular weight is 309 g/mol. The summed E-state index contributed by atoms with van der Waals surface area (Å²) in [4.78, 5) is 25.0. The highest BCUT2D eigenvalue weighted by molar-refractivity contribution is 5.84. The second kappa shape index (κ2) is 5.66. The maximum atomic E-state index is 13.3. The quantitative estimate of drug-likeness (QED) is 0.930. The van der Waals surface area contributed by atoms with Gasteiger partial charge in [0, 0.05) is 18.5 Å². The van der Waals surface area contributed by atoms with Crippen LogP contribution in [0, 0.1) is 17.6 Å². The van der Waals surface area contributed by atoms with Gasteiger partial charge in [-0.05, 0) is 42.9 Å². The number of amides is 1. The second-order valence-corrected chi connectivity index (χ2v) is 6.05. The lowest BCUT2D eigenvalue weighted by atomic mass is 10.1. The molecule has 1 saturated heterocycles. The van der Waals surface area contributed by atoms with Gasteiger partial charge in [0.05, 0.1) is 6.42 Å². The molecule has 0 aromatic heterocycles. The largest absolute Gasteiger partial charge is 0.481 e. The summed E-state index contributed by atoms with van der Waals surface area (Å²) in [6, 6.07) is 3.49. The van der Waals surface area contributed by atoms with Crippen molar-refractivity contribution in [3.05, 3.63) is 35.4 Å². The van der Waals surface area contributed by atoms with Gasteiger partial charge >= 0.3 is 5.97 Å². The summed E-state index contributed by atoms with van der Waals surface area (Å²) in [6.07, 6.45) is 2.10. The standard InChI is InChI=1S/C16H17F2NO3/c17-13-4-3-9(6-14(13)18)11-8-12(11)16(22)19-5-1-2-10(19)7-15(20)21/h3-4,6,10-12H,1-2,5,7-8H2,(H,20,21). The molecule has 1 N–H and O–H groups in total. The third kappa shape index (κ3) is 2.82. The molecule has 0 spiro atoms. The van der Waals surface area contributed by atoms with E-state index >= 15 is 0 Å². The Morgan fingerprint density at radius 2 is 2.05 bits per heavy atom. The molecule has 3 unspecified atom stereocenters. The Morgan fingerprint density at radius 3 is 2.73 bits per heavy atom. The van der Waals surface area contributed by atoms with Crippen molar-refractivity contribution in [3.63, 3.8) is 0 Å². The zero-order chi connectivity index (χ0) is 15.9. The first kappa shape index (κ1) is 14.9. The van der Waals surface area contributed by atoms with Crippen molar-refractivity contribution in [1.82, 2.24) is 4.90 Å². The minimum Gasteiger partial charge on any atom is -0.481 e. The molecule has 6 heteroatoms. The Bertz CT molecular complexity index is 619. The van der Waals surface area contributed by atoms with Crippen LogP contribution in [0.5, 0.6) is 0 Å². The van der Waals surface area contributed by atoms with Gasteiger partial charge in [0.15, 0.2) is 11.6 Å². The molecule has 1 aliphatic heterocycles. The van der Waals surface area contributed by atoms with E-state index < -0.39 is 17.6 Å². The molecule has 2 fully saturated rings. The van der Waals surface area contributed by atoms with Crippen molar-refractivity contribution in [2.24, 2.45) is 5.92 Å². The number of rotatable bonds is 4. The van der Waals surface area contributed by atoms with Crippen LogP contribution in [0.4, 0.5) is 8.78 Å². The first-order chi connectivity index (χ1) is 10.5. The van der Waals surface area contributed by atoms with Gasteiger partial charge in [-0.15, -0.1) is 0 Å². The molecule has 3 rings (SSSR count). The predicted molar refractivity (Wildman–Crippen MR) is 74.2 cm³/mol. The van der Waals surface area contributed by atoms with Crippen LogP contribution in [0.15, 0.2) is 18.2 Å². The Morgan fingerprint density at radius 1 is 1.27 bits per heavy atom. The number of carbonyl (C=O) groups is 2. The fourth-order valence-corrected chi connectivity index (χ4v) is 3.33. The molecule has 0 radical (unpaired) electrons. The number of carboxylic acids is 1. The first-order valence-electron chi connectivity index (χ1n) is 7.44. The number of carboxylic acid groups (broad SMARTS) is 1. The van der Waals surface area contributed by atoms with Gasteiger partial charge in [-0.25, -0.2) is 8.78 Å². The van der Waals surface area contributed by atoms with E-state index in [0.29, 0.717) is 24.9 Å². The number of hydrogen-bond acceptors (Lipinski definition) is 2. The highest BCUT2D eigenvalue weighted by atomic mass is 19.2. The van der Waals surface area contributed by atoms with E-state index in [1.54, 1.807) is 4.90 Å². The average Bonchev–Trinajstić information content (AvgIpc) is 3.14. The van der Waals surface area contributed by atoms with Gasteiger partial charge < -0.3 is 10.0 Å². The molecule has 22 heavy (non-hydrogen) atoms. The molecule has 118 valence electrons. The van der Waals surface area contributed by atoms with Crippen molar-refractivity contribution in [2.75, 3.05) is 6.54 Å². The van der Waals surface area contributed by atoms with E-state index in [2.05, 4.69) is 0 Å². The van der Waals surface area contributed by atoms with E-state index in [-0.39, 0.29) is 30.2 Å². The molecule has 1 aromatic rings. The van der Waals surface area contributed by atoms with Crippen LogP contribution in [0.1, 0.15) is 37.2 Å². The number of likely N-dealkylation sites (tertiary alicyclic amines) is 1. The van der Waals surface area contributed by atoms with Crippen LogP contribution >= 0.6 is 0 Å². The summed E-state index contributed by atoms with van der Waals surface area (Å²) in [5.74, 6) is -3.09. The van der Waals surface area contributed by atoms with Crippen molar-refractivity contribution in [2.45, 2.75) is 37.6 Å². The van der Waals surface area contributed by atoms with Gasteiger partial charge in [0.25, 0.3) is 0 Å². The third-order valence-corrected chi connectivity index (χ3v) is 4.55. The minimum absolute atomic E-state index is 0.0334. The van der Waals surface area contributed by atoms with Gasteiger partial charge in [-0.3, -0.25) is 9.59 Å². The van der Waals surface area contributed by atoms with Crippen molar-refractivity contribution >= 4 is 11.9 Å². The van der Waals surface area contributed by atoms with Crippen molar-refractivity contribution in [3.8, 4) is 0 Å². The zero-order valence-corrected chi connectivity index (χ0v) is 12.0. The van der Waals surface area contributed by atoms with E-state index in [0.717, 1.165) is 18.6 Å². The molecular weight excluding hydrogens is 292 g/mol. The van der Waals surface area contributed by atoms with E-state index in [9.17, 15) is 18.4 Å². The fourth-order valence-electron chi connectivity index (χ4n) is 3.33. The normalized spacial score (nSPS) is 27.0. The monoisotopic (exact) mass is 309 g/mol. The summed E-state index contributed by atoms with van der Waals surface area (Å²) in [6.45, 7) is 0.581. The number of hydrogen-bond donors (Lipinski definition) is 1. The molecule has 4 nitrogen and oxygen atoms in total. The Kier molecular flexibility index (Phi) is 3.85. The van der Waals surface area contributed by atoms with E-state index in [1.807, 2.05) is 0 Å². The molecule has 3 atom stereocenters. The number of nitrogens with zero attached hydrogens (tertiary/aromatic N) is 1. The number of aliphatic carboxylic acids is 1. The van der Waals surface area contributed by atoms with Gasteiger partial charge in [-0.1, -0.05) is 6.07 Å². The van der Waals surface area contributed by atoms with Crippen LogP contribution in [0.3, 0.4) is 0 Å². The first-order valence-corrected chi connectivity index (χ1v) is 7.44. The molecule has 1 heterocycles. The van der Waals surface area contributed by atoms with E-state index in [1.165, 1.54) is 6.07 Å². The molecular formula is C16H17F2NO3. The zero-order valence-electron chi connectivity index (χ0n) is 12.0. The third-order valence-electron chi connectivity index (χ3n) is 4.55. The van der Waals surface area contributed by atoms with Crippen LogP contribution in [0.25, 0.3) is 0 Å². The molecule has 1 aromatic carbocycles. The molecule has 1 saturated carbocycles. The molecule has 1 amide bonds. The van der Waals surface area contributed by atoms with Crippen LogP contribution in [-0.4, -0.2) is 34.5 Å². The van der Waals surface area contributed by atoms with Crippen LogP contribution in [0.2, 0.25) is 0 Å². The van der Waals surface area contributed by atoms with E-state index in [4.69, 9.17) is 5.11 Å². The summed E-state index contributed by atoms with van der Waals surface area (Å²) < 4.78 is 26.2. The number of benzene rings is 1. The topological polar surface area (TPSA) is 57.6 Å². The fraction of sp³-hybridized carbons (Fsp3) is 0.500. The minimum atomic E-state index is -0.905. The highest BCUT2D eigenvalue weighted by Gasteiger charge is 2.47. The maximum Gasteiger partial charge on any atom is 0.305 e. The SMILES string of the molecule is O=C(O)CC1CCCN1C(=O)C1CC1c1ccc(F)c(F)c1. The van der Waals surface area contributed by atoms with Crippen LogP contribution < -0.4 is 0 Å². The lowest BCUT2D eigenvalue weighted by molar-refractivity contribution is -0.140. The van der Waals surface area contributed by atoms with Gasteiger partial charge in [0.1, 0.15) is 0 Å². The van der Waals surface area contributed by atoms with Crippen molar-refractivity contribution in [1.29, 1.82) is 0 Å². The van der Waals surface area contributed by atoms with Crippen molar-refractivity contribution < 1.29 is 23.5 Å².